The van der Waals surface area contributed by atoms with Gasteiger partial charge in [-0.05, 0) is 57.8 Å². The molecular weight excluding hydrogens is 643 g/mol. The summed E-state index contributed by atoms with van der Waals surface area (Å²) in [5.41, 5.74) is 0. The Morgan fingerprint density at radius 2 is 0.800 bits per heavy atom. The normalized spacial score (nSPS) is 34.7. The van der Waals surface area contributed by atoms with E-state index in [9.17, 15) is 28.8 Å². The van der Waals surface area contributed by atoms with Crippen molar-refractivity contribution in [3.63, 3.8) is 0 Å². The minimum atomic E-state index is -0.785. The monoisotopic (exact) mass is 687 g/mol. The molecule has 4 aliphatic heterocycles. The predicted molar refractivity (Wildman–Crippen MR) is 173 cm³/mol. The Kier molecular flexibility index (Phi) is 14.1. The topological polar surface area (TPSA) is 166 Å². The van der Waals surface area contributed by atoms with Crippen molar-refractivity contribution in [2.24, 2.45) is 0 Å². The van der Waals surface area contributed by atoms with Crippen molar-refractivity contribution in [1.29, 1.82) is 0 Å². The lowest BCUT2D eigenvalue weighted by Gasteiger charge is -2.40. The molecule has 0 aliphatic carbocycles. The second-order valence-electron chi connectivity index (χ2n) is 12.0. The van der Waals surface area contributed by atoms with E-state index in [0.717, 1.165) is 35.3 Å². The zero-order chi connectivity index (χ0) is 32.5. The van der Waals surface area contributed by atoms with Gasteiger partial charge in [-0.15, -0.1) is 0 Å². The summed E-state index contributed by atoms with van der Waals surface area (Å²) in [5.74, 6) is -0.185. The van der Waals surface area contributed by atoms with Crippen LogP contribution in [0.5, 0.6) is 0 Å². The number of carbonyl (C=O) groups excluding carboxylic acids is 6. The standard InChI is InChI=1S/C30H45N3O9S3/c1-16(34)43-13-19-22-7-4-10-26(40-22)29(38)32-21(15-45-18(3)36)24-9-6-12-27(42-24)30(39)33-20(14-44-17(2)35)23-8-5-11-25(41-23)28(37)31-19/h19-27H,4-15H2,1-3H3,(H,31,37)(H,32,38)(H,33,39)/t19-,20-,21-,22+,23+,24+,25-,26-,27-/m0/s1. The van der Waals surface area contributed by atoms with Crippen molar-refractivity contribution in [3.05, 3.63) is 0 Å². The third kappa shape index (κ3) is 11.0. The summed E-state index contributed by atoms with van der Waals surface area (Å²) in [7, 11) is 0. The lowest BCUT2D eigenvalue weighted by atomic mass is 9.95. The van der Waals surface area contributed by atoms with E-state index >= 15 is 0 Å². The average molecular weight is 688 g/mol. The smallest absolute Gasteiger partial charge is 0.249 e. The predicted octanol–water partition coefficient (Wildman–Crippen LogP) is 2.11. The van der Waals surface area contributed by atoms with Gasteiger partial charge in [0.1, 0.15) is 18.3 Å². The van der Waals surface area contributed by atoms with E-state index in [1.165, 1.54) is 20.8 Å². The minimum absolute atomic E-state index is 0.0963. The lowest BCUT2D eigenvalue weighted by molar-refractivity contribution is -0.155. The highest BCUT2D eigenvalue weighted by molar-refractivity contribution is 8.14. The zero-order valence-corrected chi connectivity index (χ0v) is 28.5. The van der Waals surface area contributed by atoms with Gasteiger partial charge < -0.3 is 30.2 Å². The van der Waals surface area contributed by atoms with E-state index in [-0.39, 0.29) is 50.3 Å². The minimum Gasteiger partial charge on any atom is -0.363 e. The first-order chi connectivity index (χ1) is 21.5. The lowest BCUT2D eigenvalue weighted by Crippen LogP contribution is -2.59. The molecule has 4 rings (SSSR count). The Hall–Kier alpha value is -1.65. The maximum absolute atomic E-state index is 13.6. The number of hydrogen-bond acceptors (Lipinski definition) is 12. The molecule has 3 amide bonds. The number of nitrogens with one attached hydrogen (secondary N) is 3. The fraction of sp³-hybridized carbons (Fsp3) is 0.800. The molecule has 0 aromatic heterocycles. The highest BCUT2D eigenvalue weighted by Crippen LogP contribution is 2.29. The number of fused-ring (bicyclic) bond motifs is 6. The number of thioether (sulfide) groups is 3. The van der Waals surface area contributed by atoms with Crippen LogP contribution in [0.3, 0.4) is 0 Å². The van der Waals surface area contributed by atoms with Crippen LogP contribution in [-0.4, -0.2) is 105 Å². The van der Waals surface area contributed by atoms with E-state index < -0.39 is 54.7 Å². The second-order valence-corrected chi connectivity index (χ2v) is 15.6. The van der Waals surface area contributed by atoms with Gasteiger partial charge in [0.05, 0.1) is 36.4 Å². The Morgan fingerprint density at radius 1 is 0.533 bits per heavy atom. The van der Waals surface area contributed by atoms with Crippen molar-refractivity contribution >= 4 is 68.4 Å². The van der Waals surface area contributed by atoms with Gasteiger partial charge in [0.15, 0.2) is 15.3 Å². The number of rotatable bonds is 6. The van der Waals surface area contributed by atoms with Crippen LogP contribution in [0.2, 0.25) is 0 Å². The molecule has 0 radical (unpaired) electrons. The number of ether oxygens (including phenoxy) is 3. The van der Waals surface area contributed by atoms with Crippen molar-refractivity contribution < 1.29 is 43.0 Å². The molecule has 4 saturated heterocycles. The maximum Gasteiger partial charge on any atom is 0.249 e. The van der Waals surface area contributed by atoms with Crippen LogP contribution in [0.1, 0.15) is 78.6 Å². The van der Waals surface area contributed by atoms with Gasteiger partial charge in [-0.3, -0.25) is 28.8 Å². The first-order valence-corrected chi connectivity index (χ1v) is 18.7. The molecule has 0 spiro atoms. The Balaban J connectivity index is 1.64. The van der Waals surface area contributed by atoms with Crippen molar-refractivity contribution in [1.82, 2.24) is 16.0 Å². The molecule has 3 N–H and O–H groups in total. The SMILES string of the molecule is CC(=O)SC[C@@H]1NC(=O)[C@@H]2CCC[C@@H](O2)[C@H](CSC(C)=O)NC(=O)[C@@H]2CCC[C@@H](O2)[C@H](CSC(C)=O)NC(=O)[C@@H]2CCC[C@H]1O2. The first kappa shape index (κ1) is 36.2. The van der Waals surface area contributed by atoms with Gasteiger partial charge in [-0.1, -0.05) is 35.3 Å². The number of amides is 3. The van der Waals surface area contributed by atoms with Crippen LogP contribution >= 0.6 is 35.3 Å². The molecule has 0 aromatic carbocycles. The summed E-state index contributed by atoms with van der Waals surface area (Å²) >= 11 is 3.26. The fourth-order valence-corrected chi connectivity index (χ4v) is 8.33. The molecule has 0 aromatic rings. The Labute approximate surface area is 277 Å². The number of carbonyl (C=O) groups is 6. The van der Waals surface area contributed by atoms with Crippen LogP contribution in [0, 0.1) is 0 Å². The zero-order valence-electron chi connectivity index (χ0n) is 26.1. The van der Waals surface area contributed by atoms with Gasteiger partial charge in [-0.2, -0.15) is 0 Å². The average Bonchev–Trinajstić information content (AvgIpc) is 3.02. The Bertz CT molecular complexity index is 979. The molecule has 4 aliphatic rings. The second kappa shape index (κ2) is 17.5. The summed E-state index contributed by atoms with van der Waals surface area (Å²) in [6.07, 6.45) is 1.49. The molecule has 252 valence electrons. The van der Waals surface area contributed by atoms with Gasteiger partial charge in [0, 0.05) is 38.0 Å². The van der Waals surface area contributed by atoms with E-state index in [0.29, 0.717) is 57.8 Å². The Morgan fingerprint density at radius 3 is 1.04 bits per heavy atom. The van der Waals surface area contributed by atoms with Gasteiger partial charge in [0.2, 0.25) is 17.7 Å². The van der Waals surface area contributed by atoms with Gasteiger partial charge >= 0.3 is 0 Å². The molecule has 15 heteroatoms. The van der Waals surface area contributed by atoms with Crippen molar-refractivity contribution in [3.8, 4) is 0 Å². The summed E-state index contributed by atoms with van der Waals surface area (Å²) in [6.45, 7) is 4.39. The molecule has 4 heterocycles. The van der Waals surface area contributed by atoms with E-state index in [2.05, 4.69) is 16.0 Å². The van der Waals surface area contributed by atoms with Crippen LogP contribution in [-0.2, 0) is 43.0 Å². The summed E-state index contributed by atoms with van der Waals surface area (Å²) in [4.78, 5) is 76.4. The molecule has 6 bridgehead atoms. The molecule has 9 atom stereocenters. The molecule has 45 heavy (non-hydrogen) atoms. The van der Waals surface area contributed by atoms with Crippen LogP contribution in [0.25, 0.3) is 0 Å². The van der Waals surface area contributed by atoms with Crippen molar-refractivity contribution in [2.45, 2.75) is 133 Å². The fourth-order valence-electron chi connectivity index (χ4n) is 6.20. The van der Waals surface area contributed by atoms with Gasteiger partial charge in [-0.25, -0.2) is 0 Å². The van der Waals surface area contributed by atoms with Crippen molar-refractivity contribution in [2.75, 3.05) is 17.3 Å². The number of hydrogen-bond donors (Lipinski definition) is 3. The third-order valence-electron chi connectivity index (χ3n) is 8.49. The maximum atomic E-state index is 13.6. The van der Waals surface area contributed by atoms with Crippen LogP contribution in [0.15, 0.2) is 0 Å². The molecule has 4 fully saturated rings. The first-order valence-electron chi connectivity index (χ1n) is 15.8. The van der Waals surface area contributed by atoms with E-state index in [4.69, 9.17) is 14.2 Å². The molecule has 12 nitrogen and oxygen atoms in total. The quantitative estimate of drug-likeness (QED) is 0.373. The molecule has 0 unspecified atom stereocenters. The summed E-state index contributed by atoms with van der Waals surface area (Å²) in [5, 5.41) is 8.86. The third-order valence-corrected chi connectivity index (χ3v) is 11.3. The summed E-state index contributed by atoms with van der Waals surface area (Å²) < 4.78 is 18.9. The van der Waals surface area contributed by atoms with Gasteiger partial charge in [0.25, 0.3) is 0 Å². The van der Waals surface area contributed by atoms with E-state index in [1.54, 1.807) is 0 Å². The van der Waals surface area contributed by atoms with Crippen LogP contribution in [0.4, 0.5) is 0 Å². The molecular formula is C30H45N3O9S3. The van der Waals surface area contributed by atoms with Crippen LogP contribution < -0.4 is 16.0 Å². The molecule has 0 saturated carbocycles. The highest BCUT2D eigenvalue weighted by atomic mass is 32.2. The highest BCUT2D eigenvalue weighted by Gasteiger charge is 2.41. The van der Waals surface area contributed by atoms with E-state index in [1.807, 2.05) is 0 Å². The largest absolute Gasteiger partial charge is 0.363 e. The summed E-state index contributed by atoms with van der Waals surface area (Å²) in [6, 6.07) is -1.62.